The number of Topliss-reactive ketones (excluding diaryl/α,β-unsaturated/α-hetero) is 1. The second kappa shape index (κ2) is 5.00. The van der Waals surface area contributed by atoms with Crippen LogP contribution in [0, 0.1) is 6.92 Å². The molecule has 3 rings (SSSR count). The number of fused-ring (bicyclic) bond motifs is 1. The van der Waals surface area contributed by atoms with E-state index in [0.717, 1.165) is 29.0 Å². The molecule has 0 spiro atoms. The molecule has 1 aliphatic heterocycles. The van der Waals surface area contributed by atoms with Crippen LogP contribution in [-0.2, 0) is 6.42 Å². The summed E-state index contributed by atoms with van der Waals surface area (Å²) >= 11 is 0. The van der Waals surface area contributed by atoms with Gasteiger partial charge in [0.15, 0.2) is 5.78 Å². The normalized spacial score (nSPS) is 16.4. The van der Waals surface area contributed by atoms with E-state index in [2.05, 4.69) is 11.4 Å². The zero-order valence-electron chi connectivity index (χ0n) is 11.6. The van der Waals surface area contributed by atoms with Crippen molar-refractivity contribution >= 4 is 11.5 Å². The molecule has 2 aromatic rings. The number of carbonyl (C=O) groups is 1. The lowest BCUT2D eigenvalue weighted by molar-refractivity contribution is 0.0971. The Kier molecular flexibility index (Phi) is 3.18. The molecule has 0 bridgehead atoms. The smallest absolute Gasteiger partial charge is 0.185 e. The van der Waals surface area contributed by atoms with Gasteiger partial charge in [-0.25, -0.2) is 0 Å². The predicted octanol–water partition coefficient (Wildman–Crippen LogP) is 3.22. The minimum atomic E-state index is -0.167. The predicted molar refractivity (Wildman–Crippen MR) is 79.6 cm³/mol. The van der Waals surface area contributed by atoms with Crippen molar-refractivity contribution in [2.24, 2.45) is 0 Å². The van der Waals surface area contributed by atoms with E-state index in [0.29, 0.717) is 0 Å². The number of anilines is 1. The molecule has 3 heteroatoms. The summed E-state index contributed by atoms with van der Waals surface area (Å²) in [5, 5.41) is 3.31. The number of methoxy groups -OCH3 is 1. The monoisotopic (exact) mass is 267 g/mol. The molecule has 0 saturated carbocycles. The Hall–Kier alpha value is -2.29. The van der Waals surface area contributed by atoms with Crippen molar-refractivity contribution in [3.63, 3.8) is 0 Å². The van der Waals surface area contributed by atoms with Crippen LogP contribution in [0.25, 0.3) is 0 Å². The minimum Gasteiger partial charge on any atom is -0.497 e. The summed E-state index contributed by atoms with van der Waals surface area (Å²) in [6.07, 6.45) is 0.750. The van der Waals surface area contributed by atoms with Crippen molar-refractivity contribution in [3.05, 3.63) is 59.2 Å². The molecule has 1 atom stereocenters. The Morgan fingerprint density at radius 3 is 2.75 bits per heavy atom. The van der Waals surface area contributed by atoms with Gasteiger partial charge >= 0.3 is 0 Å². The third-order valence-electron chi connectivity index (χ3n) is 3.79. The Balaban J connectivity index is 1.85. The third kappa shape index (κ3) is 2.16. The highest BCUT2D eigenvalue weighted by Crippen LogP contribution is 2.28. The Morgan fingerprint density at radius 2 is 2.05 bits per heavy atom. The van der Waals surface area contributed by atoms with Crippen LogP contribution in [0.2, 0.25) is 0 Å². The topological polar surface area (TPSA) is 38.3 Å². The summed E-state index contributed by atoms with van der Waals surface area (Å²) in [4.78, 5) is 12.6. The van der Waals surface area contributed by atoms with E-state index < -0.39 is 0 Å². The first kappa shape index (κ1) is 12.7. The van der Waals surface area contributed by atoms with Crippen molar-refractivity contribution in [1.29, 1.82) is 0 Å². The van der Waals surface area contributed by atoms with Gasteiger partial charge in [0.25, 0.3) is 0 Å². The Morgan fingerprint density at radius 1 is 1.25 bits per heavy atom. The third-order valence-corrected chi connectivity index (χ3v) is 3.79. The van der Waals surface area contributed by atoms with Gasteiger partial charge in [-0.05, 0) is 42.3 Å². The maximum Gasteiger partial charge on any atom is 0.185 e. The van der Waals surface area contributed by atoms with Gasteiger partial charge in [-0.2, -0.15) is 0 Å². The molecule has 102 valence electrons. The average molecular weight is 267 g/mol. The molecule has 1 heterocycles. The molecule has 1 N–H and O–H groups in total. The molecule has 0 saturated heterocycles. The number of ketones is 1. The molecule has 1 unspecified atom stereocenters. The maximum atomic E-state index is 12.6. The van der Waals surface area contributed by atoms with E-state index in [-0.39, 0.29) is 11.8 Å². The molecule has 0 aliphatic carbocycles. The summed E-state index contributed by atoms with van der Waals surface area (Å²) in [5.74, 6) is 0.920. The van der Waals surface area contributed by atoms with Gasteiger partial charge in [-0.15, -0.1) is 0 Å². The summed E-state index contributed by atoms with van der Waals surface area (Å²) < 4.78 is 5.18. The molecule has 20 heavy (non-hydrogen) atoms. The average Bonchev–Trinajstić information content (AvgIpc) is 2.90. The van der Waals surface area contributed by atoms with Crippen LogP contribution in [0.5, 0.6) is 5.75 Å². The van der Waals surface area contributed by atoms with Crippen molar-refractivity contribution in [2.45, 2.75) is 19.4 Å². The van der Waals surface area contributed by atoms with E-state index in [4.69, 9.17) is 4.74 Å². The molecule has 0 radical (unpaired) electrons. The largest absolute Gasteiger partial charge is 0.497 e. The van der Waals surface area contributed by atoms with Gasteiger partial charge in [0.05, 0.1) is 13.2 Å². The van der Waals surface area contributed by atoms with Crippen LogP contribution in [0.4, 0.5) is 5.69 Å². The fraction of sp³-hybridized carbons (Fsp3) is 0.235. The van der Waals surface area contributed by atoms with Crippen molar-refractivity contribution < 1.29 is 9.53 Å². The lowest BCUT2D eigenvalue weighted by Crippen LogP contribution is -2.27. The lowest BCUT2D eigenvalue weighted by atomic mass is 9.97. The quantitative estimate of drug-likeness (QED) is 0.868. The van der Waals surface area contributed by atoms with E-state index >= 15 is 0 Å². The molecule has 0 fully saturated rings. The number of nitrogens with one attached hydrogen (secondary N) is 1. The summed E-state index contributed by atoms with van der Waals surface area (Å²) in [5.41, 5.74) is 3.98. The number of rotatable bonds is 3. The molecule has 1 aliphatic rings. The van der Waals surface area contributed by atoms with Crippen LogP contribution < -0.4 is 10.1 Å². The molecular formula is C17H17NO2. The maximum absolute atomic E-state index is 12.6. The standard InChI is InChI=1S/C17H17NO2/c1-11-9-13(20-2)7-8-14(11)17(19)16-10-12-5-3-4-6-15(12)18-16/h3-9,16,18H,10H2,1-2H3. The van der Waals surface area contributed by atoms with Gasteiger partial charge in [0.2, 0.25) is 0 Å². The zero-order chi connectivity index (χ0) is 14.1. The first-order chi connectivity index (χ1) is 9.69. The SMILES string of the molecule is COc1ccc(C(=O)C2Cc3ccccc3N2)c(C)c1. The highest BCUT2D eigenvalue weighted by atomic mass is 16.5. The summed E-state index contributed by atoms with van der Waals surface area (Å²) in [7, 11) is 1.63. The minimum absolute atomic E-state index is 0.140. The van der Waals surface area contributed by atoms with Gasteiger partial charge in [-0.1, -0.05) is 18.2 Å². The van der Waals surface area contributed by atoms with Gasteiger partial charge < -0.3 is 10.1 Å². The lowest BCUT2D eigenvalue weighted by Gasteiger charge is -2.13. The Bertz CT molecular complexity index is 639. The molecular weight excluding hydrogens is 250 g/mol. The first-order valence-electron chi connectivity index (χ1n) is 6.72. The van der Waals surface area contributed by atoms with Crippen LogP contribution in [0.3, 0.4) is 0 Å². The number of benzene rings is 2. The van der Waals surface area contributed by atoms with E-state index in [1.165, 1.54) is 5.56 Å². The summed E-state index contributed by atoms with van der Waals surface area (Å²) in [6.45, 7) is 1.94. The molecule has 0 aromatic heterocycles. The number of carbonyl (C=O) groups excluding carboxylic acids is 1. The highest BCUT2D eigenvalue weighted by Gasteiger charge is 2.27. The van der Waals surface area contributed by atoms with Gasteiger partial charge in [0, 0.05) is 17.7 Å². The van der Waals surface area contributed by atoms with Crippen molar-refractivity contribution in [3.8, 4) is 5.75 Å². The molecule has 2 aromatic carbocycles. The fourth-order valence-corrected chi connectivity index (χ4v) is 2.68. The van der Waals surface area contributed by atoms with Crippen LogP contribution in [-0.4, -0.2) is 18.9 Å². The van der Waals surface area contributed by atoms with Gasteiger partial charge in [-0.3, -0.25) is 4.79 Å². The number of para-hydroxylation sites is 1. The zero-order valence-corrected chi connectivity index (χ0v) is 11.6. The number of ether oxygens (including phenoxy) is 1. The van der Waals surface area contributed by atoms with E-state index in [1.54, 1.807) is 7.11 Å². The molecule has 3 nitrogen and oxygen atoms in total. The van der Waals surface area contributed by atoms with E-state index in [9.17, 15) is 4.79 Å². The van der Waals surface area contributed by atoms with Crippen molar-refractivity contribution in [2.75, 3.05) is 12.4 Å². The second-order valence-electron chi connectivity index (χ2n) is 5.10. The van der Waals surface area contributed by atoms with Crippen LogP contribution in [0.15, 0.2) is 42.5 Å². The van der Waals surface area contributed by atoms with Crippen LogP contribution >= 0.6 is 0 Å². The van der Waals surface area contributed by atoms with E-state index in [1.807, 2.05) is 43.3 Å². The second-order valence-corrected chi connectivity index (χ2v) is 5.10. The fourth-order valence-electron chi connectivity index (χ4n) is 2.68. The first-order valence-corrected chi connectivity index (χ1v) is 6.72. The van der Waals surface area contributed by atoms with Crippen LogP contribution in [0.1, 0.15) is 21.5 Å². The van der Waals surface area contributed by atoms with Crippen molar-refractivity contribution in [1.82, 2.24) is 0 Å². The molecule has 0 amide bonds. The summed E-state index contributed by atoms with van der Waals surface area (Å²) in [6, 6.07) is 13.5. The highest BCUT2D eigenvalue weighted by molar-refractivity contribution is 6.04. The Labute approximate surface area is 118 Å². The number of aryl methyl sites for hydroxylation is 1. The number of hydrogen-bond acceptors (Lipinski definition) is 3. The van der Waals surface area contributed by atoms with Gasteiger partial charge in [0.1, 0.15) is 5.75 Å². The number of hydrogen-bond donors (Lipinski definition) is 1.